The predicted molar refractivity (Wildman–Crippen MR) is 86.7 cm³/mol. The molecule has 8 heteroatoms. The van der Waals surface area contributed by atoms with Crippen LogP contribution in [0, 0.1) is 0 Å². The van der Waals surface area contributed by atoms with Gasteiger partial charge < -0.3 is 20.9 Å². The van der Waals surface area contributed by atoms with Crippen LogP contribution in [0.1, 0.15) is 36.0 Å². The van der Waals surface area contributed by atoms with Crippen LogP contribution < -0.4 is 15.8 Å². The third-order valence-electron chi connectivity index (χ3n) is 4.05. The van der Waals surface area contributed by atoms with Gasteiger partial charge in [0.1, 0.15) is 12.4 Å². The van der Waals surface area contributed by atoms with E-state index in [0.29, 0.717) is 10.8 Å². The fourth-order valence-corrected chi connectivity index (χ4v) is 2.74. The van der Waals surface area contributed by atoms with Crippen LogP contribution in [0.15, 0.2) is 18.2 Å². The molecule has 4 N–H and O–H groups in total. The number of aliphatic hydroxyl groups is 1. The van der Waals surface area contributed by atoms with Gasteiger partial charge in [0.15, 0.2) is 0 Å². The minimum Gasteiger partial charge on any atom is -0.491 e. The van der Waals surface area contributed by atoms with Crippen molar-refractivity contribution in [3.8, 4) is 5.75 Å². The van der Waals surface area contributed by atoms with Gasteiger partial charge in [-0.2, -0.15) is 0 Å². The molecular formula is C16H21ClF2N2O3. The van der Waals surface area contributed by atoms with Crippen LogP contribution in [0.3, 0.4) is 0 Å². The van der Waals surface area contributed by atoms with Gasteiger partial charge in [-0.3, -0.25) is 4.79 Å². The number of hydrogen-bond acceptors (Lipinski definition) is 4. The highest BCUT2D eigenvalue weighted by Gasteiger charge is 2.42. The van der Waals surface area contributed by atoms with Crippen LogP contribution in [0.4, 0.5) is 8.78 Å². The van der Waals surface area contributed by atoms with Gasteiger partial charge in [-0.25, -0.2) is 8.78 Å². The Labute approximate surface area is 144 Å². The molecule has 1 amide bonds. The lowest BCUT2D eigenvalue weighted by atomic mass is 9.82. The third-order valence-corrected chi connectivity index (χ3v) is 4.29. The van der Waals surface area contributed by atoms with Crippen LogP contribution in [-0.2, 0) is 0 Å². The Morgan fingerprint density at radius 2 is 2.00 bits per heavy atom. The van der Waals surface area contributed by atoms with Crippen molar-refractivity contribution in [1.29, 1.82) is 0 Å². The number of benzene rings is 1. The van der Waals surface area contributed by atoms with Gasteiger partial charge in [0.25, 0.3) is 5.91 Å². The number of hydrogen-bond donors (Lipinski definition) is 3. The van der Waals surface area contributed by atoms with E-state index in [1.807, 2.05) is 0 Å². The maximum absolute atomic E-state index is 13.2. The second-order valence-electron chi connectivity index (χ2n) is 6.04. The first-order valence-corrected chi connectivity index (χ1v) is 8.13. The van der Waals surface area contributed by atoms with Crippen molar-refractivity contribution in [3.05, 3.63) is 28.8 Å². The number of rotatable bonds is 6. The summed E-state index contributed by atoms with van der Waals surface area (Å²) in [6.07, 6.45) is -0.901. The van der Waals surface area contributed by atoms with Gasteiger partial charge in [0, 0.05) is 31.0 Å². The Bertz CT molecular complexity index is 589. The molecule has 1 saturated carbocycles. The Hall–Kier alpha value is -1.44. The van der Waals surface area contributed by atoms with Gasteiger partial charge in [0.2, 0.25) is 5.92 Å². The first-order valence-electron chi connectivity index (χ1n) is 7.76. The number of nitrogens with one attached hydrogen (secondary N) is 1. The number of carbonyl (C=O) groups is 1. The molecule has 0 radical (unpaired) electrons. The quantitative estimate of drug-likeness (QED) is 0.725. The summed E-state index contributed by atoms with van der Waals surface area (Å²) >= 11 is 5.91. The van der Waals surface area contributed by atoms with Crippen molar-refractivity contribution in [1.82, 2.24) is 5.32 Å². The lowest BCUT2D eigenvalue weighted by Crippen LogP contribution is -2.47. The molecule has 24 heavy (non-hydrogen) atoms. The van der Waals surface area contributed by atoms with Crippen LogP contribution in [-0.4, -0.2) is 42.2 Å². The molecule has 0 heterocycles. The molecule has 134 valence electrons. The van der Waals surface area contributed by atoms with Crippen molar-refractivity contribution >= 4 is 17.5 Å². The number of amides is 1. The molecule has 1 aromatic rings. The Morgan fingerprint density at radius 3 is 2.62 bits per heavy atom. The van der Waals surface area contributed by atoms with Crippen molar-refractivity contribution in [2.45, 2.75) is 37.2 Å². The first kappa shape index (κ1) is 18.9. The number of ether oxygens (including phenoxy) is 1. The van der Waals surface area contributed by atoms with Crippen LogP contribution in [0.5, 0.6) is 5.75 Å². The second-order valence-corrected chi connectivity index (χ2v) is 6.48. The van der Waals surface area contributed by atoms with Crippen LogP contribution in [0.25, 0.3) is 0 Å². The molecule has 0 saturated heterocycles. The first-order chi connectivity index (χ1) is 11.2. The summed E-state index contributed by atoms with van der Waals surface area (Å²) in [7, 11) is 0. The summed E-state index contributed by atoms with van der Waals surface area (Å²) in [4.78, 5) is 12.4. The van der Waals surface area contributed by atoms with Gasteiger partial charge in [-0.1, -0.05) is 11.6 Å². The van der Waals surface area contributed by atoms with Crippen LogP contribution in [0.2, 0.25) is 5.02 Å². The van der Waals surface area contributed by atoms with E-state index < -0.39 is 17.4 Å². The van der Waals surface area contributed by atoms with E-state index in [4.69, 9.17) is 22.1 Å². The van der Waals surface area contributed by atoms with Crippen LogP contribution >= 0.6 is 11.6 Å². The molecule has 1 aromatic carbocycles. The molecule has 5 nitrogen and oxygen atoms in total. The highest BCUT2D eigenvalue weighted by atomic mass is 35.5. The third kappa shape index (κ3) is 5.03. The summed E-state index contributed by atoms with van der Waals surface area (Å²) < 4.78 is 31.8. The topological polar surface area (TPSA) is 84.6 Å². The summed E-state index contributed by atoms with van der Waals surface area (Å²) in [5.41, 5.74) is 4.27. The van der Waals surface area contributed by atoms with E-state index in [-0.39, 0.29) is 50.9 Å². The average molecular weight is 363 g/mol. The standard InChI is InChI=1S/C16H21ClF2N2O3/c17-11-1-2-13(24-8-7-20)12(9-11)14(22)21-10-15(23)3-5-16(18,19)6-4-15/h1-2,9,23H,3-8,10,20H2,(H,21,22). The average Bonchev–Trinajstić information content (AvgIpc) is 2.55. The van der Waals surface area contributed by atoms with E-state index in [9.17, 15) is 18.7 Å². The van der Waals surface area contributed by atoms with Gasteiger partial charge >= 0.3 is 0 Å². The van der Waals surface area contributed by atoms with Gasteiger partial charge in [-0.05, 0) is 31.0 Å². The molecule has 0 bridgehead atoms. The largest absolute Gasteiger partial charge is 0.491 e. The lowest BCUT2D eigenvalue weighted by Gasteiger charge is -2.35. The zero-order valence-corrected chi connectivity index (χ0v) is 13.9. The molecule has 0 aliphatic heterocycles. The molecular weight excluding hydrogens is 342 g/mol. The number of carbonyl (C=O) groups excluding carboxylic acids is 1. The highest BCUT2D eigenvalue weighted by molar-refractivity contribution is 6.31. The molecule has 0 spiro atoms. The molecule has 1 fully saturated rings. The normalized spacial score (nSPS) is 18.9. The summed E-state index contributed by atoms with van der Waals surface area (Å²) in [6.45, 7) is 0.420. The molecule has 2 rings (SSSR count). The molecule has 0 unspecified atom stereocenters. The van der Waals surface area contributed by atoms with E-state index in [0.717, 1.165) is 0 Å². The second kappa shape index (κ2) is 7.63. The molecule has 1 aliphatic rings. The number of nitrogens with two attached hydrogens (primary N) is 1. The van der Waals surface area contributed by atoms with E-state index in [2.05, 4.69) is 5.32 Å². The fraction of sp³-hybridized carbons (Fsp3) is 0.562. The highest BCUT2D eigenvalue weighted by Crippen LogP contribution is 2.38. The van der Waals surface area contributed by atoms with Gasteiger partial charge in [-0.15, -0.1) is 0 Å². The fourth-order valence-electron chi connectivity index (χ4n) is 2.57. The summed E-state index contributed by atoms with van der Waals surface area (Å²) in [5.74, 6) is -2.91. The maximum atomic E-state index is 13.2. The maximum Gasteiger partial charge on any atom is 0.255 e. The molecule has 0 atom stereocenters. The number of alkyl halides is 2. The van der Waals surface area contributed by atoms with Gasteiger partial charge in [0.05, 0.1) is 11.2 Å². The minimum atomic E-state index is -2.74. The van der Waals surface area contributed by atoms with Crippen molar-refractivity contribution in [2.24, 2.45) is 5.73 Å². The Morgan fingerprint density at radius 1 is 1.33 bits per heavy atom. The SMILES string of the molecule is NCCOc1ccc(Cl)cc1C(=O)NCC1(O)CCC(F)(F)CC1. The van der Waals surface area contributed by atoms with E-state index >= 15 is 0 Å². The molecule has 0 aromatic heterocycles. The number of halogens is 3. The predicted octanol–water partition coefficient (Wildman–Crippen LogP) is 2.35. The minimum absolute atomic E-state index is 0.0631. The van der Waals surface area contributed by atoms with E-state index in [1.54, 1.807) is 12.1 Å². The Kier molecular flexibility index (Phi) is 6.01. The van der Waals surface area contributed by atoms with Crippen molar-refractivity contribution in [3.63, 3.8) is 0 Å². The summed E-state index contributed by atoms with van der Waals surface area (Å²) in [6, 6.07) is 4.59. The lowest BCUT2D eigenvalue weighted by molar-refractivity contribution is -0.101. The smallest absolute Gasteiger partial charge is 0.255 e. The zero-order valence-electron chi connectivity index (χ0n) is 13.2. The molecule has 1 aliphatic carbocycles. The van der Waals surface area contributed by atoms with E-state index in [1.165, 1.54) is 6.07 Å². The van der Waals surface area contributed by atoms with Crippen molar-refractivity contribution < 1.29 is 23.4 Å². The summed E-state index contributed by atoms with van der Waals surface area (Å²) in [5, 5.41) is 13.3. The Balaban J connectivity index is 2.01. The monoisotopic (exact) mass is 362 g/mol. The van der Waals surface area contributed by atoms with Crippen molar-refractivity contribution in [2.75, 3.05) is 19.7 Å². The zero-order chi connectivity index (χ0) is 17.8.